The number of rotatable bonds is 4. The van der Waals surface area contributed by atoms with Crippen LogP contribution in [0.5, 0.6) is 0 Å². The molecule has 5 nitrogen and oxygen atoms in total. The molecule has 3 rings (SSSR count). The molecule has 2 amide bonds. The van der Waals surface area contributed by atoms with Crippen molar-refractivity contribution >= 4 is 22.0 Å². The molecule has 2 aromatic carbocycles. The molecule has 0 spiro atoms. The van der Waals surface area contributed by atoms with Gasteiger partial charge in [-0.1, -0.05) is 58.4 Å². The van der Waals surface area contributed by atoms with Crippen LogP contribution in [0.4, 0.5) is 4.79 Å². The van der Waals surface area contributed by atoms with Gasteiger partial charge >= 0.3 is 6.03 Å². The van der Waals surface area contributed by atoms with Crippen molar-refractivity contribution in [2.75, 3.05) is 19.7 Å². The Morgan fingerprint density at radius 1 is 1.21 bits per heavy atom. The Balaban J connectivity index is 1.50. The summed E-state index contributed by atoms with van der Waals surface area (Å²) < 4.78 is 6.80. The first-order chi connectivity index (χ1) is 11.7. The predicted octanol–water partition coefficient (Wildman–Crippen LogP) is 3.66. The number of carbonyl (C=O) groups is 1. The summed E-state index contributed by atoms with van der Waals surface area (Å²) in [5.41, 5.74) is 4.57. The van der Waals surface area contributed by atoms with E-state index in [1.165, 1.54) is 0 Å². The lowest BCUT2D eigenvalue weighted by Crippen LogP contribution is -2.47. The number of benzene rings is 2. The van der Waals surface area contributed by atoms with E-state index in [4.69, 9.17) is 9.57 Å². The summed E-state index contributed by atoms with van der Waals surface area (Å²) in [6.45, 7) is 1.90. The third kappa shape index (κ3) is 4.56. The highest BCUT2D eigenvalue weighted by atomic mass is 79.9. The largest absolute Gasteiger partial charge is 0.370 e. The van der Waals surface area contributed by atoms with Crippen LogP contribution in [-0.4, -0.2) is 30.6 Å². The first kappa shape index (κ1) is 17.0. The smallest absolute Gasteiger partial charge is 0.341 e. The first-order valence-electron chi connectivity index (χ1n) is 7.80. The van der Waals surface area contributed by atoms with Gasteiger partial charge in [0.15, 0.2) is 0 Å². The number of hydrogen-bond acceptors (Lipinski definition) is 3. The molecule has 1 atom stereocenters. The van der Waals surface area contributed by atoms with Gasteiger partial charge in [0.2, 0.25) is 0 Å². The van der Waals surface area contributed by atoms with E-state index in [9.17, 15) is 4.79 Å². The van der Waals surface area contributed by atoms with Crippen molar-refractivity contribution in [1.29, 1.82) is 0 Å². The number of hydroxylamine groups is 1. The third-order valence-electron chi connectivity index (χ3n) is 3.84. The molecule has 24 heavy (non-hydrogen) atoms. The molecule has 0 radical (unpaired) electrons. The molecule has 1 aliphatic rings. The fourth-order valence-electron chi connectivity index (χ4n) is 2.53. The van der Waals surface area contributed by atoms with Gasteiger partial charge in [0.05, 0.1) is 19.8 Å². The van der Waals surface area contributed by atoms with Crippen LogP contribution < -0.4 is 5.48 Å². The monoisotopic (exact) mass is 390 g/mol. The summed E-state index contributed by atoms with van der Waals surface area (Å²) in [4.78, 5) is 19.3. The average Bonchev–Trinajstić information content (AvgIpc) is 2.63. The molecule has 2 aromatic rings. The lowest BCUT2D eigenvalue weighted by atomic mass is 10.1. The van der Waals surface area contributed by atoms with Crippen LogP contribution in [0.25, 0.3) is 0 Å². The van der Waals surface area contributed by atoms with Gasteiger partial charge in [-0.25, -0.2) is 10.3 Å². The van der Waals surface area contributed by atoms with E-state index < -0.39 is 0 Å². The van der Waals surface area contributed by atoms with Gasteiger partial charge in [-0.3, -0.25) is 4.84 Å². The maximum atomic E-state index is 12.2. The number of hydrogen-bond donors (Lipinski definition) is 1. The van der Waals surface area contributed by atoms with Crippen molar-refractivity contribution in [3.8, 4) is 0 Å². The van der Waals surface area contributed by atoms with E-state index in [-0.39, 0.29) is 12.1 Å². The van der Waals surface area contributed by atoms with Gasteiger partial charge in [0, 0.05) is 11.0 Å². The topological polar surface area (TPSA) is 50.8 Å². The third-order valence-corrected chi connectivity index (χ3v) is 4.37. The number of carbonyl (C=O) groups excluding carboxylic acids is 1. The Morgan fingerprint density at radius 2 is 1.96 bits per heavy atom. The fraction of sp³-hybridized carbons (Fsp3) is 0.278. The number of ether oxygens (including phenoxy) is 1. The molecule has 0 aliphatic carbocycles. The summed E-state index contributed by atoms with van der Waals surface area (Å²) in [6.07, 6.45) is -0.119. The van der Waals surface area contributed by atoms with Crippen molar-refractivity contribution in [2.24, 2.45) is 0 Å². The molecular weight excluding hydrogens is 372 g/mol. The number of morpholine rings is 1. The number of halogens is 1. The Morgan fingerprint density at radius 3 is 2.71 bits per heavy atom. The highest BCUT2D eigenvalue weighted by molar-refractivity contribution is 9.10. The van der Waals surface area contributed by atoms with Gasteiger partial charge in [0.1, 0.15) is 6.10 Å². The zero-order valence-electron chi connectivity index (χ0n) is 13.2. The highest BCUT2D eigenvalue weighted by Gasteiger charge is 2.25. The van der Waals surface area contributed by atoms with Crippen molar-refractivity contribution in [2.45, 2.75) is 12.7 Å². The molecule has 0 unspecified atom stereocenters. The Bertz CT molecular complexity index is 664. The minimum atomic E-state index is -0.239. The van der Waals surface area contributed by atoms with E-state index in [1.54, 1.807) is 4.90 Å². The zero-order chi connectivity index (χ0) is 16.8. The fourth-order valence-corrected chi connectivity index (χ4v) is 2.80. The second-order valence-corrected chi connectivity index (χ2v) is 6.45. The van der Waals surface area contributed by atoms with Gasteiger partial charge < -0.3 is 9.64 Å². The molecule has 6 heteroatoms. The standard InChI is InChI=1S/C18H19BrN2O3/c19-16-8-6-15(7-9-16)17-12-21(10-11-23-17)18(22)20-24-13-14-4-2-1-3-5-14/h1-9,17H,10-13H2,(H,20,22)/t17-/m0/s1. The minimum absolute atomic E-state index is 0.119. The summed E-state index contributed by atoms with van der Waals surface area (Å²) in [5.74, 6) is 0. The van der Waals surface area contributed by atoms with Gasteiger partial charge in [-0.2, -0.15) is 0 Å². The van der Waals surface area contributed by atoms with Crippen LogP contribution in [0.15, 0.2) is 59.1 Å². The van der Waals surface area contributed by atoms with Crippen LogP contribution in [-0.2, 0) is 16.2 Å². The first-order valence-corrected chi connectivity index (χ1v) is 8.59. The number of nitrogens with one attached hydrogen (secondary N) is 1. The summed E-state index contributed by atoms with van der Waals surface area (Å²) in [7, 11) is 0. The van der Waals surface area contributed by atoms with E-state index in [0.717, 1.165) is 15.6 Å². The van der Waals surface area contributed by atoms with Crippen molar-refractivity contribution in [3.63, 3.8) is 0 Å². The van der Waals surface area contributed by atoms with E-state index in [1.807, 2.05) is 54.6 Å². The highest BCUT2D eigenvalue weighted by Crippen LogP contribution is 2.23. The van der Waals surface area contributed by atoms with Gasteiger partial charge in [0.25, 0.3) is 0 Å². The number of urea groups is 1. The molecule has 1 saturated heterocycles. The SMILES string of the molecule is O=C(NOCc1ccccc1)N1CCO[C@H](c2ccc(Br)cc2)C1. The predicted molar refractivity (Wildman–Crippen MR) is 94.2 cm³/mol. The van der Waals surface area contributed by atoms with Crippen LogP contribution in [0, 0.1) is 0 Å². The molecule has 0 saturated carbocycles. The molecule has 1 N–H and O–H groups in total. The van der Waals surface area contributed by atoms with Crippen LogP contribution in [0.3, 0.4) is 0 Å². The Kier molecular flexibility index (Phi) is 5.85. The van der Waals surface area contributed by atoms with Crippen LogP contribution >= 0.6 is 15.9 Å². The number of nitrogens with zero attached hydrogens (tertiary/aromatic N) is 1. The van der Waals surface area contributed by atoms with Gasteiger partial charge in [-0.05, 0) is 23.3 Å². The summed E-state index contributed by atoms with van der Waals surface area (Å²) in [6, 6.07) is 17.4. The molecule has 1 heterocycles. The van der Waals surface area contributed by atoms with Crippen LogP contribution in [0.2, 0.25) is 0 Å². The molecule has 0 aromatic heterocycles. The van der Waals surface area contributed by atoms with E-state index in [0.29, 0.717) is 26.3 Å². The summed E-state index contributed by atoms with van der Waals surface area (Å²) >= 11 is 3.42. The number of amides is 2. The maximum absolute atomic E-state index is 12.2. The molecule has 0 bridgehead atoms. The van der Waals surface area contributed by atoms with Crippen molar-refractivity contribution in [3.05, 3.63) is 70.2 Å². The lowest BCUT2D eigenvalue weighted by molar-refractivity contribution is -0.0284. The molecule has 126 valence electrons. The average molecular weight is 391 g/mol. The quantitative estimate of drug-likeness (QED) is 0.810. The van der Waals surface area contributed by atoms with Crippen molar-refractivity contribution in [1.82, 2.24) is 10.4 Å². The van der Waals surface area contributed by atoms with Crippen LogP contribution in [0.1, 0.15) is 17.2 Å². The minimum Gasteiger partial charge on any atom is -0.370 e. The molecule has 1 fully saturated rings. The Hall–Kier alpha value is -1.89. The second-order valence-electron chi connectivity index (χ2n) is 5.54. The maximum Gasteiger partial charge on any atom is 0.341 e. The second kappa shape index (κ2) is 8.28. The lowest BCUT2D eigenvalue weighted by Gasteiger charge is -2.33. The summed E-state index contributed by atoms with van der Waals surface area (Å²) in [5, 5.41) is 0. The molecule has 1 aliphatic heterocycles. The Labute approximate surface area is 149 Å². The normalized spacial score (nSPS) is 17.5. The van der Waals surface area contributed by atoms with Crippen molar-refractivity contribution < 1.29 is 14.4 Å². The van der Waals surface area contributed by atoms with Gasteiger partial charge in [-0.15, -0.1) is 0 Å². The zero-order valence-corrected chi connectivity index (χ0v) is 14.7. The van der Waals surface area contributed by atoms with E-state index >= 15 is 0 Å². The van der Waals surface area contributed by atoms with E-state index in [2.05, 4.69) is 21.4 Å². The molecular formula is C18H19BrN2O3.